The van der Waals surface area contributed by atoms with Gasteiger partial charge in [-0.2, -0.15) is 0 Å². The molecule has 1 fully saturated rings. The van der Waals surface area contributed by atoms with E-state index in [9.17, 15) is 18.0 Å². The van der Waals surface area contributed by atoms with Crippen molar-refractivity contribution < 1.29 is 23.1 Å². The lowest BCUT2D eigenvalue weighted by Gasteiger charge is -2.30. The first kappa shape index (κ1) is 17.5. The first-order valence-corrected chi connectivity index (χ1v) is 9.48. The summed E-state index contributed by atoms with van der Waals surface area (Å²) in [6.45, 7) is 2.61. The van der Waals surface area contributed by atoms with Gasteiger partial charge in [-0.05, 0) is 37.0 Å². The lowest BCUT2D eigenvalue weighted by Crippen LogP contribution is -2.40. The Morgan fingerprint density at radius 2 is 1.87 bits per heavy atom. The number of aliphatic carboxylic acids is 1. The van der Waals surface area contributed by atoms with Crippen LogP contribution in [0.25, 0.3) is 0 Å². The summed E-state index contributed by atoms with van der Waals surface area (Å²) in [7, 11) is -3.40. The summed E-state index contributed by atoms with van der Waals surface area (Å²) in [5.74, 6) is -1.49. The number of rotatable bonds is 4. The lowest BCUT2D eigenvalue weighted by molar-refractivity contribution is -0.143. The van der Waals surface area contributed by atoms with Crippen molar-refractivity contribution in [3.05, 3.63) is 29.3 Å². The minimum atomic E-state index is -3.40. The maximum Gasteiger partial charge on any atom is 0.306 e. The number of nitrogens with zero attached hydrogens (tertiary/aromatic N) is 1. The summed E-state index contributed by atoms with van der Waals surface area (Å²) in [5.41, 5.74) is 1.02. The molecule has 126 valence electrons. The predicted molar refractivity (Wildman–Crippen MR) is 85.2 cm³/mol. The van der Waals surface area contributed by atoms with Gasteiger partial charge in [0.25, 0.3) is 5.91 Å². The van der Waals surface area contributed by atoms with E-state index in [0.717, 1.165) is 6.26 Å². The number of piperidine rings is 1. The molecule has 0 aromatic heterocycles. The SMILES string of the molecule is CCc1ccc(C(=O)N2CCC(C(=O)O)CC2)cc1S(C)(=O)=O. The van der Waals surface area contributed by atoms with Gasteiger partial charge in [0, 0.05) is 24.9 Å². The Balaban J connectivity index is 2.22. The molecule has 1 amide bonds. The number of sulfone groups is 1. The molecular weight excluding hydrogens is 318 g/mol. The van der Waals surface area contributed by atoms with Crippen LogP contribution in [-0.4, -0.2) is 49.6 Å². The van der Waals surface area contributed by atoms with Crippen molar-refractivity contribution in [2.45, 2.75) is 31.1 Å². The number of benzene rings is 1. The summed E-state index contributed by atoms with van der Waals surface area (Å²) in [5, 5.41) is 8.99. The topological polar surface area (TPSA) is 91.8 Å². The second kappa shape index (κ2) is 6.70. The predicted octanol–water partition coefficient (Wildman–Crippen LogP) is 1.59. The molecule has 1 heterocycles. The lowest BCUT2D eigenvalue weighted by atomic mass is 9.96. The molecule has 23 heavy (non-hydrogen) atoms. The summed E-state index contributed by atoms with van der Waals surface area (Å²) in [6, 6.07) is 4.74. The fourth-order valence-corrected chi connectivity index (χ4v) is 3.87. The van der Waals surface area contributed by atoms with Crippen LogP contribution >= 0.6 is 0 Å². The van der Waals surface area contributed by atoms with Crippen molar-refractivity contribution in [2.24, 2.45) is 5.92 Å². The van der Waals surface area contributed by atoms with E-state index in [1.165, 1.54) is 6.07 Å². The first-order valence-electron chi connectivity index (χ1n) is 7.59. The Kier molecular flexibility index (Phi) is 5.09. The molecule has 1 N–H and O–H groups in total. The van der Waals surface area contributed by atoms with Gasteiger partial charge in [-0.3, -0.25) is 9.59 Å². The van der Waals surface area contributed by atoms with Crippen molar-refractivity contribution in [1.82, 2.24) is 4.90 Å². The Morgan fingerprint density at radius 1 is 1.26 bits per heavy atom. The van der Waals surface area contributed by atoms with E-state index >= 15 is 0 Å². The van der Waals surface area contributed by atoms with E-state index in [1.807, 2.05) is 6.92 Å². The summed E-state index contributed by atoms with van der Waals surface area (Å²) in [6.07, 6.45) is 2.55. The number of aryl methyl sites for hydroxylation is 1. The molecule has 0 unspecified atom stereocenters. The van der Waals surface area contributed by atoms with Gasteiger partial charge >= 0.3 is 5.97 Å². The molecule has 6 nitrogen and oxygen atoms in total. The molecule has 2 rings (SSSR count). The van der Waals surface area contributed by atoms with Gasteiger partial charge in [0.2, 0.25) is 0 Å². The minimum Gasteiger partial charge on any atom is -0.481 e. The normalized spacial score (nSPS) is 16.3. The minimum absolute atomic E-state index is 0.186. The number of hydrogen-bond donors (Lipinski definition) is 1. The van der Waals surface area contributed by atoms with Gasteiger partial charge in [0.1, 0.15) is 0 Å². The molecule has 7 heteroatoms. The third-order valence-electron chi connectivity index (χ3n) is 4.23. The van der Waals surface area contributed by atoms with Crippen molar-refractivity contribution in [2.75, 3.05) is 19.3 Å². The quantitative estimate of drug-likeness (QED) is 0.899. The standard InChI is InChI=1S/C16H21NO5S/c1-3-11-4-5-13(10-14(11)23(2,21)22)15(18)17-8-6-12(7-9-17)16(19)20/h4-5,10,12H,3,6-9H2,1-2H3,(H,19,20). The Hall–Kier alpha value is -1.89. The van der Waals surface area contributed by atoms with Gasteiger partial charge in [-0.1, -0.05) is 13.0 Å². The van der Waals surface area contributed by atoms with E-state index in [2.05, 4.69) is 0 Å². The van der Waals surface area contributed by atoms with E-state index < -0.39 is 21.7 Å². The van der Waals surface area contributed by atoms with Crippen LogP contribution in [0.5, 0.6) is 0 Å². The van der Waals surface area contributed by atoms with Crippen LogP contribution in [0.3, 0.4) is 0 Å². The average molecular weight is 339 g/mol. The van der Waals surface area contributed by atoms with Crippen molar-refractivity contribution >= 4 is 21.7 Å². The van der Waals surface area contributed by atoms with E-state index in [1.54, 1.807) is 17.0 Å². The van der Waals surface area contributed by atoms with Crippen LogP contribution in [0.15, 0.2) is 23.1 Å². The molecule has 1 saturated heterocycles. The maximum absolute atomic E-state index is 12.5. The third kappa shape index (κ3) is 3.90. The maximum atomic E-state index is 12.5. The molecule has 0 saturated carbocycles. The Morgan fingerprint density at radius 3 is 2.35 bits per heavy atom. The second-order valence-corrected chi connectivity index (χ2v) is 7.84. The highest BCUT2D eigenvalue weighted by Gasteiger charge is 2.28. The average Bonchev–Trinajstić information content (AvgIpc) is 2.52. The molecule has 1 aromatic carbocycles. The van der Waals surface area contributed by atoms with Gasteiger partial charge in [0.15, 0.2) is 9.84 Å². The van der Waals surface area contributed by atoms with Gasteiger partial charge < -0.3 is 10.0 Å². The molecule has 0 radical (unpaired) electrons. The van der Waals surface area contributed by atoms with Gasteiger partial charge in [0.05, 0.1) is 10.8 Å². The monoisotopic (exact) mass is 339 g/mol. The van der Waals surface area contributed by atoms with Crippen LogP contribution in [0, 0.1) is 5.92 Å². The Labute approximate surface area is 136 Å². The van der Waals surface area contributed by atoms with Gasteiger partial charge in [-0.15, -0.1) is 0 Å². The van der Waals surface area contributed by atoms with Crippen molar-refractivity contribution in [3.8, 4) is 0 Å². The molecule has 0 atom stereocenters. The number of carbonyl (C=O) groups excluding carboxylic acids is 1. The molecule has 0 spiro atoms. The number of carbonyl (C=O) groups is 2. The third-order valence-corrected chi connectivity index (χ3v) is 5.40. The number of carboxylic acid groups (broad SMARTS) is 1. The highest BCUT2D eigenvalue weighted by atomic mass is 32.2. The van der Waals surface area contributed by atoms with Crippen LogP contribution in [0.4, 0.5) is 0 Å². The summed E-state index contributed by atoms with van der Waals surface area (Å²) in [4.78, 5) is 25.3. The van der Waals surface area contributed by atoms with Crippen LogP contribution in [-0.2, 0) is 21.1 Å². The highest BCUT2D eigenvalue weighted by molar-refractivity contribution is 7.90. The zero-order valence-corrected chi connectivity index (χ0v) is 14.1. The van der Waals surface area contributed by atoms with Crippen LogP contribution < -0.4 is 0 Å². The van der Waals surface area contributed by atoms with E-state index in [0.29, 0.717) is 43.5 Å². The number of carboxylic acids is 1. The molecule has 1 aliphatic heterocycles. The highest BCUT2D eigenvalue weighted by Crippen LogP contribution is 2.22. The fourth-order valence-electron chi connectivity index (χ4n) is 2.84. The summed E-state index contributed by atoms with van der Waals surface area (Å²) < 4.78 is 23.8. The molecule has 1 aliphatic rings. The zero-order valence-electron chi connectivity index (χ0n) is 13.3. The smallest absolute Gasteiger partial charge is 0.306 e. The largest absolute Gasteiger partial charge is 0.481 e. The van der Waals surface area contributed by atoms with Crippen LogP contribution in [0.1, 0.15) is 35.7 Å². The van der Waals surface area contributed by atoms with Gasteiger partial charge in [-0.25, -0.2) is 8.42 Å². The molecule has 1 aromatic rings. The molecular formula is C16H21NO5S. The van der Waals surface area contributed by atoms with Crippen molar-refractivity contribution in [1.29, 1.82) is 0 Å². The second-order valence-electron chi connectivity index (χ2n) is 5.85. The van der Waals surface area contributed by atoms with Crippen LogP contribution in [0.2, 0.25) is 0 Å². The molecule has 0 bridgehead atoms. The zero-order chi connectivity index (χ0) is 17.2. The Bertz CT molecular complexity index is 718. The fraction of sp³-hybridized carbons (Fsp3) is 0.500. The molecule has 0 aliphatic carbocycles. The number of hydrogen-bond acceptors (Lipinski definition) is 4. The number of likely N-dealkylation sites (tertiary alicyclic amines) is 1. The number of amides is 1. The first-order chi connectivity index (χ1) is 10.7. The van der Waals surface area contributed by atoms with Crippen molar-refractivity contribution in [3.63, 3.8) is 0 Å². The summed E-state index contributed by atoms with van der Waals surface area (Å²) >= 11 is 0. The van der Waals surface area contributed by atoms with E-state index in [-0.39, 0.29) is 10.8 Å². The van der Waals surface area contributed by atoms with E-state index in [4.69, 9.17) is 5.11 Å².